The molecule has 2 rings (SSSR count). The fraction of sp³-hybridized carbons (Fsp3) is 0.250. The van der Waals surface area contributed by atoms with Gasteiger partial charge in [-0.2, -0.15) is 10.2 Å². The van der Waals surface area contributed by atoms with E-state index in [2.05, 4.69) is 42.9 Å². The van der Waals surface area contributed by atoms with Gasteiger partial charge in [-0.1, -0.05) is 0 Å². The Morgan fingerprint density at radius 2 is 2.00 bits per heavy atom. The molecule has 72 valence electrons. The third-order valence-electron chi connectivity index (χ3n) is 1.84. The molecule has 0 radical (unpaired) electrons. The summed E-state index contributed by atoms with van der Waals surface area (Å²) in [4.78, 5) is 4.28. The van der Waals surface area contributed by atoms with Crippen molar-refractivity contribution in [2.24, 2.45) is 0 Å². The van der Waals surface area contributed by atoms with Crippen LogP contribution in [0.5, 0.6) is 0 Å². The average molecular weight is 301 g/mol. The zero-order chi connectivity index (χ0) is 10.1. The van der Waals surface area contributed by atoms with Crippen LogP contribution in [0.2, 0.25) is 0 Å². The summed E-state index contributed by atoms with van der Waals surface area (Å²) in [6.07, 6.45) is 3.60. The summed E-state index contributed by atoms with van der Waals surface area (Å²) in [5.74, 6) is 0.510. The largest absolute Gasteiger partial charge is 0.270 e. The normalized spacial score (nSPS) is 10.5. The van der Waals surface area contributed by atoms with Gasteiger partial charge in [-0.15, -0.1) is 5.10 Å². The second kappa shape index (κ2) is 3.60. The third kappa shape index (κ3) is 1.74. The molecule has 0 saturated heterocycles. The second-order valence-corrected chi connectivity index (χ2v) is 4.13. The first-order chi connectivity index (χ1) is 6.66. The van der Waals surface area contributed by atoms with E-state index in [1.54, 1.807) is 10.9 Å². The van der Waals surface area contributed by atoms with Gasteiger partial charge in [0, 0.05) is 6.20 Å². The van der Waals surface area contributed by atoms with Crippen LogP contribution in [-0.4, -0.2) is 25.0 Å². The van der Waals surface area contributed by atoms with Gasteiger partial charge in [-0.25, -0.2) is 9.67 Å². The predicted molar refractivity (Wildman–Crippen MR) is 59.1 cm³/mol. The van der Waals surface area contributed by atoms with Crippen molar-refractivity contribution in [3.63, 3.8) is 0 Å². The van der Waals surface area contributed by atoms with Gasteiger partial charge in [0.15, 0.2) is 0 Å². The molecule has 5 nitrogen and oxygen atoms in total. The van der Waals surface area contributed by atoms with Gasteiger partial charge < -0.3 is 0 Å². The standard InChI is InChI=1S/C8H8IN5/c1-5-6(2)12-13-8(11-5)14-4-7(9)3-10-14/h3-4H,1-2H3. The van der Waals surface area contributed by atoms with Gasteiger partial charge in [0.1, 0.15) is 0 Å². The first-order valence-electron chi connectivity index (χ1n) is 4.05. The summed E-state index contributed by atoms with van der Waals surface area (Å²) in [5, 5.41) is 12.0. The molecule has 2 aromatic rings. The molecule has 0 amide bonds. The van der Waals surface area contributed by atoms with Gasteiger partial charge >= 0.3 is 0 Å². The number of halogens is 1. The molecule has 0 bridgehead atoms. The molecule has 0 aliphatic heterocycles. The molecule has 2 aromatic heterocycles. The highest BCUT2D eigenvalue weighted by atomic mass is 127. The smallest absolute Gasteiger partial charge is 0.213 e. The molecule has 0 unspecified atom stereocenters. The summed E-state index contributed by atoms with van der Waals surface area (Å²) in [7, 11) is 0. The number of hydrogen-bond donors (Lipinski definition) is 0. The Balaban J connectivity index is 2.47. The summed E-state index contributed by atoms with van der Waals surface area (Å²) in [5.41, 5.74) is 1.72. The topological polar surface area (TPSA) is 56.5 Å². The van der Waals surface area contributed by atoms with E-state index in [1.165, 1.54) is 0 Å². The van der Waals surface area contributed by atoms with Crippen LogP contribution in [0.4, 0.5) is 0 Å². The van der Waals surface area contributed by atoms with Crippen LogP contribution in [0.15, 0.2) is 12.4 Å². The van der Waals surface area contributed by atoms with Gasteiger partial charge in [0.05, 0.1) is 21.2 Å². The summed E-state index contributed by atoms with van der Waals surface area (Å²) in [6.45, 7) is 3.79. The lowest BCUT2D eigenvalue weighted by molar-refractivity contribution is 0.752. The molecule has 0 saturated carbocycles. The minimum Gasteiger partial charge on any atom is -0.213 e. The molecule has 14 heavy (non-hydrogen) atoms. The molecule has 0 aromatic carbocycles. The Bertz CT molecular complexity index is 465. The van der Waals surface area contributed by atoms with E-state index in [-0.39, 0.29) is 0 Å². The van der Waals surface area contributed by atoms with Crippen molar-refractivity contribution in [3.8, 4) is 5.95 Å². The highest BCUT2D eigenvalue weighted by Gasteiger charge is 2.04. The molecule has 0 fully saturated rings. The van der Waals surface area contributed by atoms with E-state index in [1.807, 2.05) is 20.0 Å². The Morgan fingerprint density at radius 3 is 2.57 bits per heavy atom. The van der Waals surface area contributed by atoms with Crippen LogP contribution in [0, 0.1) is 17.4 Å². The van der Waals surface area contributed by atoms with Crippen LogP contribution in [0.1, 0.15) is 11.4 Å². The molecule has 6 heteroatoms. The Hall–Kier alpha value is -1.05. The first kappa shape index (κ1) is 9.50. The monoisotopic (exact) mass is 301 g/mol. The fourth-order valence-electron chi connectivity index (χ4n) is 0.953. The molecular weight excluding hydrogens is 293 g/mol. The lowest BCUT2D eigenvalue weighted by Gasteiger charge is -2.00. The highest BCUT2D eigenvalue weighted by Crippen LogP contribution is 2.06. The molecule has 0 spiro atoms. The van der Waals surface area contributed by atoms with Crippen LogP contribution in [0.25, 0.3) is 5.95 Å². The molecule has 0 N–H and O–H groups in total. The number of aryl methyl sites for hydroxylation is 2. The quantitative estimate of drug-likeness (QED) is 0.745. The minimum absolute atomic E-state index is 0.510. The van der Waals surface area contributed by atoms with Gasteiger partial charge in [-0.3, -0.25) is 0 Å². The van der Waals surface area contributed by atoms with Crippen molar-refractivity contribution >= 4 is 22.6 Å². The van der Waals surface area contributed by atoms with Crippen molar-refractivity contribution in [3.05, 3.63) is 27.4 Å². The van der Waals surface area contributed by atoms with Crippen molar-refractivity contribution in [2.45, 2.75) is 13.8 Å². The van der Waals surface area contributed by atoms with Crippen LogP contribution >= 0.6 is 22.6 Å². The molecular formula is C8H8IN5. The van der Waals surface area contributed by atoms with Gasteiger partial charge in [-0.05, 0) is 36.4 Å². The summed E-state index contributed by atoms with van der Waals surface area (Å²) in [6, 6.07) is 0. The molecule has 0 atom stereocenters. The maximum atomic E-state index is 4.28. The predicted octanol–water partition coefficient (Wildman–Crippen LogP) is 1.28. The zero-order valence-electron chi connectivity index (χ0n) is 7.77. The van der Waals surface area contributed by atoms with Crippen LogP contribution < -0.4 is 0 Å². The maximum absolute atomic E-state index is 4.28. The lowest BCUT2D eigenvalue weighted by Crippen LogP contribution is -2.06. The zero-order valence-corrected chi connectivity index (χ0v) is 9.93. The molecule has 0 aliphatic rings. The van der Waals surface area contributed by atoms with Crippen molar-refractivity contribution in [2.75, 3.05) is 0 Å². The second-order valence-electron chi connectivity index (χ2n) is 2.89. The number of hydrogen-bond acceptors (Lipinski definition) is 4. The number of aromatic nitrogens is 5. The molecule has 0 aliphatic carbocycles. The van der Waals surface area contributed by atoms with E-state index in [0.29, 0.717) is 5.95 Å². The van der Waals surface area contributed by atoms with E-state index in [9.17, 15) is 0 Å². The summed E-state index contributed by atoms with van der Waals surface area (Å²) >= 11 is 2.18. The first-order valence-corrected chi connectivity index (χ1v) is 5.13. The van der Waals surface area contributed by atoms with E-state index < -0.39 is 0 Å². The van der Waals surface area contributed by atoms with E-state index >= 15 is 0 Å². The number of nitrogens with zero attached hydrogens (tertiary/aromatic N) is 5. The Labute approximate surface area is 94.7 Å². The number of rotatable bonds is 1. The van der Waals surface area contributed by atoms with Gasteiger partial charge in [0.2, 0.25) is 0 Å². The minimum atomic E-state index is 0.510. The average Bonchev–Trinajstić information content (AvgIpc) is 2.57. The third-order valence-corrected chi connectivity index (χ3v) is 2.39. The fourth-order valence-corrected chi connectivity index (χ4v) is 1.34. The van der Waals surface area contributed by atoms with Crippen molar-refractivity contribution < 1.29 is 0 Å². The molecule has 2 heterocycles. The maximum Gasteiger partial charge on any atom is 0.270 e. The van der Waals surface area contributed by atoms with E-state index in [0.717, 1.165) is 15.0 Å². The van der Waals surface area contributed by atoms with Gasteiger partial charge in [0.25, 0.3) is 5.95 Å². The lowest BCUT2D eigenvalue weighted by atomic mass is 10.4. The van der Waals surface area contributed by atoms with Crippen LogP contribution in [0.3, 0.4) is 0 Å². The summed E-state index contributed by atoms with van der Waals surface area (Å²) < 4.78 is 2.66. The van der Waals surface area contributed by atoms with Crippen molar-refractivity contribution in [1.82, 2.24) is 25.0 Å². The Kier molecular flexibility index (Phi) is 2.44. The Morgan fingerprint density at radius 1 is 1.21 bits per heavy atom. The SMILES string of the molecule is Cc1nnc(-n2cc(I)cn2)nc1C. The van der Waals surface area contributed by atoms with E-state index in [4.69, 9.17) is 0 Å². The van der Waals surface area contributed by atoms with Crippen molar-refractivity contribution in [1.29, 1.82) is 0 Å². The highest BCUT2D eigenvalue weighted by molar-refractivity contribution is 14.1. The van der Waals surface area contributed by atoms with Crippen LogP contribution in [-0.2, 0) is 0 Å².